The average Bonchev–Trinajstić information content (AvgIpc) is 3.44. The van der Waals surface area contributed by atoms with Crippen molar-refractivity contribution in [3.05, 3.63) is 102 Å². The molecule has 2 atom stereocenters. The number of fused-ring (bicyclic) bond motifs is 1. The third-order valence-corrected chi connectivity index (χ3v) is 11.4. The molecule has 0 bridgehead atoms. The van der Waals surface area contributed by atoms with Crippen LogP contribution in [0.5, 0.6) is 0 Å². The van der Waals surface area contributed by atoms with Crippen LogP contribution in [0.4, 0.5) is 0 Å². The lowest BCUT2D eigenvalue weighted by molar-refractivity contribution is 0.185. The van der Waals surface area contributed by atoms with Crippen LogP contribution in [0.2, 0.25) is 0 Å². The van der Waals surface area contributed by atoms with Crippen LogP contribution in [-0.2, 0) is 19.4 Å². The van der Waals surface area contributed by atoms with Gasteiger partial charge in [-0.2, -0.15) is 0 Å². The van der Waals surface area contributed by atoms with Crippen molar-refractivity contribution in [3.63, 3.8) is 0 Å². The molecule has 4 aromatic rings. The SMILES string of the molecule is C#CCCC(C)(C)Cc1c(-c2cccnc2C(C)C)n(CC)c2ccc(-c3cc(C)cc(CC(NC(=C)C(C(C)C)N(C)C)C(=C)N4CCCCN4)c3)cc12. The van der Waals surface area contributed by atoms with Crippen LogP contribution in [0.15, 0.2) is 79.3 Å². The number of aryl methyl sites for hydroxylation is 2. The molecule has 6 heteroatoms. The maximum Gasteiger partial charge on any atom is 0.0707 e. The summed E-state index contributed by atoms with van der Waals surface area (Å²) in [7, 11) is 4.28. The van der Waals surface area contributed by atoms with E-state index in [0.29, 0.717) is 11.8 Å². The van der Waals surface area contributed by atoms with Crippen molar-refractivity contribution in [2.24, 2.45) is 11.3 Å². The first-order valence-electron chi connectivity index (χ1n) is 20.6. The van der Waals surface area contributed by atoms with Gasteiger partial charge >= 0.3 is 0 Å². The number of likely N-dealkylation sites (N-methyl/N-ethyl adjacent to an activating group) is 1. The summed E-state index contributed by atoms with van der Waals surface area (Å²) in [4.78, 5) is 7.18. The number of nitrogens with one attached hydrogen (secondary N) is 2. The fourth-order valence-electron chi connectivity index (χ4n) is 8.85. The minimum atomic E-state index is -0.0101. The molecule has 1 fully saturated rings. The number of pyridine rings is 1. The standard InChI is InChI=1S/C49H68N6/c1-14-16-23-49(10,11)32-43-42-31-39(21-22-45(42)54(15-2)48(43)41-20-19-24-50-46(41)33(3)4)40-28-35(7)27-38(29-40)30-44(37(9)55-26-18-17-25-51-55)52-36(8)47(34(5)6)53(12)13/h1,19-22,24,27-29,31,33-34,44,47,51-52H,8-9,15-18,23,25-26,30,32H2,2-7,10-13H3. The van der Waals surface area contributed by atoms with E-state index in [1.807, 2.05) is 6.20 Å². The number of hydrogen-bond donors (Lipinski definition) is 2. The van der Waals surface area contributed by atoms with E-state index < -0.39 is 0 Å². The zero-order valence-corrected chi connectivity index (χ0v) is 35.6. The minimum absolute atomic E-state index is 0.0101. The molecule has 2 unspecified atom stereocenters. The molecular weight excluding hydrogens is 673 g/mol. The van der Waals surface area contributed by atoms with Crippen LogP contribution in [0, 0.1) is 30.6 Å². The Bertz CT molecular complexity index is 1990. The van der Waals surface area contributed by atoms with E-state index in [0.717, 1.165) is 68.8 Å². The molecule has 2 N–H and O–H groups in total. The van der Waals surface area contributed by atoms with Gasteiger partial charge in [0.15, 0.2) is 0 Å². The normalized spacial score (nSPS) is 14.8. The topological polar surface area (TPSA) is 48.4 Å². The van der Waals surface area contributed by atoms with Crippen LogP contribution in [0.1, 0.15) is 102 Å². The molecule has 0 saturated carbocycles. The van der Waals surface area contributed by atoms with Gasteiger partial charge in [0.1, 0.15) is 0 Å². The fraction of sp³-hybridized carbons (Fsp3) is 0.490. The van der Waals surface area contributed by atoms with Crippen LogP contribution in [-0.4, -0.2) is 58.7 Å². The van der Waals surface area contributed by atoms with Crippen molar-refractivity contribution < 1.29 is 0 Å². The van der Waals surface area contributed by atoms with E-state index in [4.69, 9.17) is 11.4 Å². The summed E-state index contributed by atoms with van der Waals surface area (Å²) in [5.41, 5.74) is 17.0. The van der Waals surface area contributed by atoms with Crippen molar-refractivity contribution in [1.82, 2.24) is 30.2 Å². The first-order chi connectivity index (χ1) is 26.1. The first kappa shape index (κ1) is 41.8. The van der Waals surface area contributed by atoms with E-state index in [9.17, 15) is 0 Å². The van der Waals surface area contributed by atoms with Gasteiger partial charge in [0.25, 0.3) is 0 Å². The molecule has 6 nitrogen and oxygen atoms in total. The molecule has 0 spiro atoms. The first-order valence-corrected chi connectivity index (χ1v) is 20.6. The molecule has 0 radical (unpaired) electrons. The Balaban J connectivity index is 1.61. The maximum atomic E-state index is 5.79. The Morgan fingerprint density at radius 1 is 1.05 bits per heavy atom. The summed E-state index contributed by atoms with van der Waals surface area (Å²) in [6.07, 6.45) is 13.5. The highest BCUT2D eigenvalue weighted by molar-refractivity contribution is 5.95. The van der Waals surface area contributed by atoms with E-state index in [2.05, 4.69) is 162 Å². The van der Waals surface area contributed by atoms with Gasteiger partial charge in [0.2, 0.25) is 0 Å². The third-order valence-electron chi connectivity index (χ3n) is 11.4. The lowest BCUT2D eigenvalue weighted by Gasteiger charge is -2.38. The maximum absolute atomic E-state index is 5.79. The van der Waals surface area contributed by atoms with E-state index >= 15 is 0 Å². The Labute approximate surface area is 333 Å². The molecule has 2 aromatic heterocycles. The van der Waals surface area contributed by atoms with Gasteiger partial charge < -0.3 is 19.8 Å². The number of hydrogen-bond acceptors (Lipinski definition) is 5. The molecule has 55 heavy (non-hydrogen) atoms. The molecule has 2 aromatic carbocycles. The van der Waals surface area contributed by atoms with E-state index in [1.165, 1.54) is 56.4 Å². The van der Waals surface area contributed by atoms with Gasteiger partial charge in [0, 0.05) is 60.1 Å². The summed E-state index contributed by atoms with van der Waals surface area (Å²) in [6, 6.07) is 18.7. The number of nitrogens with zero attached hydrogens (tertiary/aromatic N) is 4. The van der Waals surface area contributed by atoms with Crippen molar-refractivity contribution in [2.45, 2.75) is 118 Å². The highest BCUT2D eigenvalue weighted by atomic mass is 15.5. The highest BCUT2D eigenvalue weighted by Crippen LogP contribution is 2.42. The molecule has 294 valence electrons. The number of aromatic nitrogens is 2. The number of terminal acetylenes is 1. The van der Waals surface area contributed by atoms with Crippen LogP contribution >= 0.6 is 0 Å². The summed E-state index contributed by atoms with van der Waals surface area (Å²) in [6.45, 7) is 30.3. The lowest BCUT2D eigenvalue weighted by Crippen LogP contribution is -2.50. The Morgan fingerprint density at radius 3 is 2.45 bits per heavy atom. The van der Waals surface area contributed by atoms with Gasteiger partial charge in [-0.05, 0) is 124 Å². The molecular formula is C49H68N6. The Morgan fingerprint density at radius 2 is 1.82 bits per heavy atom. The largest absolute Gasteiger partial charge is 0.379 e. The van der Waals surface area contributed by atoms with Gasteiger partial charge in [-0.25, -0.2) is 5.43 Å². The zero-order valence-electron chi connectivity index (χ0n) is 35.6. The minimum Gasteiger partial charge on any atom is -0.379 e. The van der Waals surface area contributed by atoms with E-state index in [1.54, 1.807) is 0 Å². The summed E-state index contributed by atoms with van der Waals surface area (Å²) in [5.74, 6) is 3.63. The fourth-order valence-corrected chi connectivity index (χ4v) is 8.85. The molecule has 5 rings (SSSR count). The van der Waals surface area contributed by atoms with E-state index in [-0.39, 0.29) is 17.5 Å². The average molecular weight is 741 g/mol. The second-order valence-electron chi connectivity index (χ2n) is 17.5. The summed E-state index contributed by atoms with van der Waals surface area (Å²) in [5, 5.41) is 7.45. The predicted octanol–water partition coefficient (Wildman–Crippen LogP) is 10.5. The van der Waals surface area contributed by atoms with Crippen molar-refractivity contribution in [1.29, 1.82) is 0 Å². The number of rotatable bonds is 17. The van der Waals surface area contributed by atoms with Crippen LogP contribution in [0.25, 0.3) is 33.3 Å². The predicted molar refractivity (Wildman–Crippen MR) is 236 cm³/mol. The van der Waals surface area contributed by atoms with Gasteiger partial charge in [-0.1, -0.05) is 84.5 Å². The third kappa shape index (κ3) is 9.74. The van der Waals surface area contributed by atoms with Crippen LogP contribution in [0.3, 0.4) is 0 Å². The molecule has 1 aliphatic rings. The lowest BCUT2D eigenvalue weighted by atomic mass is 9.80. The second-order valence-corrected chi connectivity index (χ2v) is 17.5. The molecule has 0 amide bonds. The zero-order chi connectivity index (χ0) is 40.0. The molecule has 3 heterocycles. The number of hydrazine groups is 1. The van der Waals surface area contributed by atoms with Gasteiger partial charge in [0.05, 0.1) is 23.5 Å². The monoisotopic (exact) mass is 741 g/mol. The summed E-state index contributed by atoms with van der Waals surface area (Å²) >= 11 is 0. The second kappa shape index (κ2) is 18.1. The van der Waals surface area contributed by atoms with Crippen LogP contribution < -0.4 is 10.7 Å². The van der Waals surface area contributed by atoms with Gasteiger partial charge in [-0.3, -0.25) is 4.98 Å². The van der Waals surface area contributed by atoms with Crippen molar-refractivity contribution in [3.8, 4) is 34.7 Å². The molecule has 0 aliphatic carbocycles. The molecule has 1 saturated heterocycles. The quantitative estimate of drug-likeness (QED) is 0.106. The van der Waals surface area contributed by atoms with Crippen molar-refractivity contribution in [2.75, 3.05) is 27.2 Å². The smallest absolute Gasteiger partial charge is 0.0707 e. The van der Waals surface area contributed by atoms with Crippen molar-refractivity contribution >= 4 is 10.9 Å². The van der Waals surface area contributed by atoms with Gasteiger partial charge in [-0.15, -0.1) is 12.3 Å². The molecule has 1 aliphatic heterocycles. The Kier molecular flexibility index (Phi) is 13.8. The number of benzene rings is 2. The Hall–Kier alpha value is -4.31. The highest BCUT2D eigenvalue weighted by Gasteiger charge is 2.29. The summed E-state index contributed by atoms with van der Waals surface area (Å²) < 4.78 is 2.51.